The summed E-state index contributed by atoms with van der Waals surface area (Å²) in [6.45, 7) is 0.894. The molecule has 2 aromatic rings. The third kappa shape index (κ3) is 3.60. The molecule has 1 aromatic heterocycles. The summed E-state index contributed by atoms with van der Waals surface area (Å²) < 4.78 is 16.5. The zero-order valence-electron chi connectivity index (χ0n) is 12.6. The summed E-state index contributed by atoms with van der Waals surface area (Å²) in [6.07, 6.45) is 0. The van der Waals surface area contributed by atoms with Gasteiger partial charge in [-0.05, 0) is 30.0 Å². The van der Waals surface area contributed by atoms with Gasteiger partial charge in [-0.15, -0.1) is 10.2 Å². The molecule has 0 unspecified atom stereocenters. The molecule has 114 valence electrons. The zero-order chi connectivity index (χ0) is 15.2. The van der Waals surface area contributed by atoms with E-state index in [0.717, 1.165) is 5.56 Å². The number of tetrazole rings is 1. The van der Waals surface area contributed by atoms with Gasteiger partial charge in [0.05, 0.1) is 21.3 Å². The van der Waals surface area contributed by atoms with Gasteiger partial charge < -0.3 is 19.5 Å². The quantitative estimate of drug-likeness (QED) is 0.797. The van der Waals surface area contributed by atoms with Gasteiger partial charge in [-0.25, -0.2) is 0 Å². The zero-order valence-corrected chi connectivity index (χ0v) is 12.6. The number of aryl methyl sites for hydroxylation is 1. The summed E-state index contributed by atoms with van der Waals surface area (Å²) in [7, 11) is 6.75. The lowest BCUT2D eigenvalue weighted by Gasteiger charge is -2.15. The molecule has 8 nitrogen and oxygen atoms in total. The summed E-state index contributed by atoms with van der Waals surface area (Å²) in [5.41, 5.74) is 1.04. The molecule has 8 heteroatoms. The molecule has 1 N–H and O–H groups in total. The van der Waals surface area contributed by atoms with Crippen molar-refractivity contribution in [3.8, 4) is 17.2 Å². The van der Waals surface area contributed by atoms with Gasteiger partial charge in [-0.3, -0.25) is 0 Å². The molecule has 1 heterocycles. The smallest absolute Gasteiger partial charge is 0.212 e. The Morgan fingerprint density at radius 3 is 2.33 bits per heavy atom. The average Bonchev–Trinajstić information content (AvgIpc) is 2.90. The molecule has 0 aliphatic heterocycles. The molecule has 1 aromatic carbocycles. The third-order valence-electron chi connectivity index (χ3n) is 2.80. The third-order valence-corrected chi connectivity index (χ3v) is 2.80. The molecule has 2 rings (SSSR count). The van der Waals surface area contributed by atoms with Crippen LogP contribution in [0.3, 0.4) is 0 Å². The van der Waals surface area contributed by atoms with Crippen LogP contribution in [-0.4, -0.2) is 41.5 Å². The molecule has 0 aliphatic rings. The maximum atomic E-state index is 5.73. The van der Waals surface area contributed by atoms with Gasteiger partial charge in [-0.2, -0.15) is 4.80 Å². The van der Waals surface area contributed by atoms with E-state index in [9.17, 15) is 0 Å². The van der Waals surface area contributed by atoms with Crippen LogP contribution in [-0.2, 0) is 20.2 Å². The van der Waals surface area contributed by atoms with Crippen LogP contribution in [0.4, 0.5) is 0 Å². The molecule has 0 radical (unpaired) electrons. The molecule has 0 aliphatic carbocycles. The summed E-state index contributed by atoms with van der Waals surface area (Å²) in [4.78, 5) is 1.38. The van der Waals surface area contributed by atoms with Crippen LogP contribution in [0, 0.1) is 0 Å². The number of benzene rings is 1. The van der Waals surface area contributed by atoms with Crippen LogP contribution in [0.2, 0.25) is 0 Å². The molecule has 21 heavy (non-hydrogen) atoms. The average molecular weight is 293 g/mol. The number of nitrogens with one attached hydrogen (secondary N) is 1. The number of hydrogen-bond acceptors (Lipinski definition) is 7. The van der Waals surface area contributed by atoms with Crippen molar-refractivity contribution in [2.45, 2.75) is 13.2 Å². The highest BCUT2D eigenvalue weighted by Gasteiger charge is 2.15. The second-order valence-electron chi connectivity index (χ2n) is 4.34. The summed E-state index contributed by atoms with van der Waals surface area (Å²) in [6, 6.07) is 3.80. The number of hydrogen-bond donors (Lipinski definition) is 1. The number of rotatable bonds is 7. The first kappa shape index (κ1) is 15.0. The predicted octanol–water partition coefficient (Wildman–Crippen LogP) is 0.526. The Labute approximate surface area is 123 Å². The normalized spacial score (nSPS) is 10.5. The molecular formula is C13H19N5O3. The van der Waals surface area contributed by atoms with Crippen molar-refractivity contribution in [3.63, 3.8) is 0 Å². The molecule has 0 saturated heterocycles. The maximum Gasteiger partial charge on any atom is 0.212 e. The Balaban J connectivity index is 2.23. The van der Waals surface area contributed by atoms with E-state index < -0.39 is 0 Å². The standard InChI is InChI=1S/C13H19N5O3/c1-14-7-9-5-10(19-3)13(11(6-9)20-4)21-8-12-15-17-18(2)16-12/h5-6,14H,7-8H2,1-4H3. The van der Waals surface area contributed by atoms with Gasteiger partial charge in [0.1, 0.15) is 0 Å². The molecule has 0 atom stereocenters. The van der Waals surface area contributed by atoms with E-state index in [1.54, 1.807) is 21.3 Å². The highest BCUT2D eigenvalue weighted by Crippen LogP contribution is 2.38. The van der Waals surface area contributed by atoms with E-state index in [2.05, 4.69) is 20.7 Å². The lowest BCUT2D eigenvalue weighted by Crippen LogP contribution is -2.07. The second kappa shape index (κ2) is 6.89. The Bertz CT molecular complexity index is 574. The van der Waals surface area contributed by atoms with Gasteiger partial charge >= 0.3 is 0 Å². The van der Waals surface area contributed by atoms with Crippen molar-refractivity contribution in [1.29, 1.82) is 0 Å². The van der Waals surface area contributed by atoms with E-state index in [1.165, 1.54) is 4.80 Å². The maximum absolute atomic E-state index is 5.73. The van der Waals surface area contributed by atoms with Crippen molar-refractivity contribution in [2.75, 3.05) is 21.3 Å². The Morgan fingerprint density at radius 2 is 1.86 bits per heavy atom. The molecule has 0 saturated carbocycles. The molecular weight excluding hydrogens is 274 g/mol. The fraction of sp³-hybridized carbons (Fsp3) is 0.462. The lowest BCUT2D eigenvalue weighted by molar-refractivity contribution is 0.258. The van der Waals surface area contributed by atoms with Crippen LogP contribution in [0.25, 0.3) is 0 Å². The summed E-state index contributed by atoms with van der Waals surface area (Å²) in [5.74, 6) is 2.21. The van der Waals surface area contributed by atoms with Crippen molar-refractivity contribution < 1.29 is 14.2 Å². The van der Waals surface area contributed by atoms with Crippen molar-refractivity contribution in [1.82, 2.24) is 25.5 Å². The number of methoxy groups -OCH3 is 2. The lowest BCUT2D eigenvalue weighted by atomic mass is 10.2. The van der Waals surface area contributed by atoms with Gasteiger partial charge in [0.15, 0.2) is 18.1 Å². The highest BCUT2D eigenvalue weighted by molar-refractivity contribution is 5.53. The van der Waals surface area contributed by atoms with E-state index in [1.807, 2.05) is 19.2 Å². The minimum absolute atomic E-state index is 0.186. The highest BCUT2D eigenvalue weighted by atomic mass is 16.5. The predicted molar refractivity (Wildman–Crippen MR) is 75.4 cm³/mol. The first-order chi connectivity index (χ1) is 10.2. The second-order valence-corrected chi connectivity index (χ2v) is 4.34. The SMILES string of the molecule is CNCc1cc(OC)c(OCc2nnn(C)n2)c(OC)c1. The summed E-state index contributed by atoms with van der Waals surface area (Å²) >= 11 is 0. The van der Waals surface area contributed by atoms with Gasteiger partial charge in [-0.1, -0.05) is 0 Å². The van der Waals surface area contributed by atoms with Crippen LogP contribution >= 0.6 is 0 Å². The van der Waals surface area contributed by atoms with Crippen LogP contribution in [0.15, 0.2) is 12.1 Å². The minimum atomic E-state index is 0.186. The first-order valence-electron chi connectivity index (χ1n) is 6.43. The first-order valence-corrected chi connectivity index (χ1v) is 6.43. The van der Waals surface area contributed by atoms with E-state index >= 15 is 0 Å². The van der Waals surface area contributed by atoms with Gasteiger partial charge in [0.2, 0.25) is 11.6 Å². The largest absolute Gasteiger partial charge is 0.493 e. The molecule has 0 spiro atoms. The molecule has 0 bridgehead atoms. The van der Waals surface area contributed by atoms with Crippen molar-refractivity contribution in [3.05, 3.63) is 23.5 Å². The van der Waals surface area contributed by atoms with Gasteiger partial charge in [0, 0.05) is 6.54 Å². The summed E-state index contributed by atoms with van der Waals surface area (Å²) in [5, 5.41) is 14.8. The topological polar surface area (TPSA) is 83.3 Å². The van der Waals surface area contributed by atoms with E-state index in [-0.39, 0.29) is 6.61 Å². The fourth-order valence-electron chi connectivity index (χ4n) is 1.90. The van der Waals surface area contributed by atoms with Crippen LogP contribution < -0.4 is 19.5 Å². The van der Waals surface area contributed by atoms with E-state index in [4.69, 9.17) is 14.2 Å². The minimum Gasteiger partial charge on any atom is -0.493 e. The number of aromatic nitrogens is 4. The monoisotopic (exact) mass is 293 g/mol. The van der Waals surface area contributed by atoms with E-state index in [0.29, 0.717) is 29.6 Å². The Hall–Kier alpha value is -2.35. The van der Waals surface area contributed by atoms with Crippen molar-refractivity contribution in [2.24, 2.45) is 7.05 Å². The molecule has 0 fully saturated rings. The van der Waals surface area contributed by atoms with Crippen molar-refractivity contribution >= 4 is 0 Å². The Morgan fingerprint density at radius 1 is 1.19 bits per heavy atom. The van der Waals surface area contributed by atoms with Crippen LogP contribution in [0.1, 0.15) is 11.4 Å². The number of nitrogens with zero attached hydrogens (tertiary/aromatic N) is 4. The van der Waals surface area contributed by atoms with Gasteiger partial charge in [0.25, 0.3) is 0 Å². The van der Waals surface area contributed by atoms with Crippen LogP contribution in [0.5, 0.6) is 17.2 Å². The number of ether oxygens (including phenoxy) is 3. The fourth-order valence-corrected chi connectivity index (χ4v) is 1.90. The molecule has 0 amide bonds. The Kier molecular flexibility index (Phi) is 4.94.